The highest BCUT2D eigenvalue weighted by Crippen LogP contribution is 2.34. The Balaban J connectivity index is 2.23. The number of fused-ring (bicyclic) bond motifs is 1. The molecule has 0 spiro atoms. The summed E-state index contributed by atoms with van der Waals surface area (Å²) in [5.41, 5.74) is 1.56. The molecule has 142 valence electrons. The Morgan fingerprint density at radius 3 is 2.59 bits per heavy atom. The number of nitrogens with zero attached hydrogens (tertiary/aromatic N) is 1. The SMILES string of the molecule is CCC(OC)(C(=O)OC)c1cc2n(c(=O)c1/C=C/c1ccccc1)CCC2. The van der Waals surface area contributed by atoms with Crippen molar-refractivity contribution in [2.24, 2.45) is 0 Å². The number of carbonyl (C=O) groups excluding carboxylic acids is 1. The fourth-order valence-corrected chi connectivity index (χ4v) is 3.77. The predicted octanol–water partition coefficient (Wildman–Crippen LogP) is 3.39. The second-order valence-electron chi connectivity index (χ2n) is 6.64. The van der Waals surface area contributed by atoms with Crippen molar-refractivity contribution in [1.82, 2.24) is 4.57 Å². The van der Waals surface area contributed by atoms with Gasteiger partial charge in [-0.1, -0.05) is 43.3 Å². The van der Waals surface area contributed by atoms with Gasteiger partial charge in [-0.15, -0.1) is 0 Å². The average molecular weight is 367 g/mol. The number of aromatic nitrogens is 1. The molecule has 0 fully saturated rings. The van der Waals surface area contributed by atoms with E-state index < -0.39 is 11.6 Å². The van der Waals surface area contributed by atoms with Crippen LogP contribution >= 0.6 is 0 Å². The Kier molecular flexibility index (Phi) is 5.61. The van der Waals surface area contributed by atoms with Crippen molar-refractivity contribution in [2.75, 3.05) is 14.2 Å². The lowest BCUT2D eigenvalue weighted by molar-refractivity contribution is -0.168. The van der Waals surface area contributed by atoms with E-state index in [-0.39, 0.29) is 5.56 Å². The number of pyridine rings is 1. The molecule has 0 saturated carbocycles. The summed E-state index contributed by atoms with van der Waals surface area (Å²) in [6.45, 7) is 2.56. The van der Waals surface area contributed by atoms with E-state index in [0.717, 1.165) is 24.1 Å². The van der Waals surface area contributed by atoms with Crippen molar-refractivity contribution < 1.29 is 14.3 Å². The lowest BCUT2D eigenvalue weighted by Gasteiger charge is -2.30. The zero-order valence-electron chi connectivity index (χ0n) is 16.0. The summed E-state index contributed by atoms with van der Waals surface area (Å²) >= 11 is 0. The maximum Gasteiger partial charge on any atom is 0.342 e. The van der Waals surface area contributed by atoms with Crippen LogP contribution in [0.4, 0.5) is 0 Å². The second kappa shape index (κ2) is 7.92. The van der Waals surface area contributed by atoms with Gasteiger partial charge in [-0.05, 0) is 37.0 Å². The first-order chi connectivity index (χ1) is 13.1. The molecule has 0 saturated heterocycles. The summed E-state index contributed by atoms with van der Waals surface area (Å²) in [5, 5.41) is 0. The van der Waals surface area contributed by atoms with E-state index in [4.69, 9.17) is 9.47 Å². The minimum Gasteiger partial charge on any atom is -0.467 e. The fourth-order valence-electron chi connectivity index (χ4n) is 3.77. The normalized spacial score (nSPS) is 15.5. The summed E-state index contributed by atoms with van der Waals surface area (Å²) in [6, 6.07) is 11.7. The quantitative estimate of drug-likeness (QED) is 0.735. The molecular weight excluding hydrogens is 342 g/mol. The molecule has 0 radical (unpaired) electrons. The average Bonchev–Trinajstić information content (AvgIpc) is 3.18. The van der Waals surface area contributed by atoms with Crippen molar-refractivity contribution in [2.45, 2.75) is 38.3 Å². The van der Waals surface area contributed by atoms with Crippen molar-refractivity contribution in [3.05, 3.63) is 69.1 Å². The number of rotatable bonds is 6. The van der Waals surface area contributed by atoms with Gasteiger partial charge in [-0.3, -0.25) is 4.79 Å². The molecule has 1 unspecified atom stereocenters. The van der Waals surface area contributed by atoms with Gasteiger partial charge in [0.25, 0.3) is 5.56 Å². The Bertz CT molecular complexity index is 908. The molecule has 5 nitrogen and oxygen atoms in total. The van der Waals surface area contributed by atoms with Gasteiger partial charge in [0.15, 0.2) is 5.60 Å². The Labute approximate surface area is 159 Å². The van der Waals surface area contributed by atoms with Crippen LogP contribution in [0.25, 0.3) is 12.2 Å². The van der Waals surface area contributed by atoms with E-state index in [1.54, 1.807) is 10.6 Å². The molecule has 1 atom stereocenters. The smallest absolute Gasteiger partial charge is 0.342 e. The van der Waals surface area contributed by atoms with E-state index in [2.05, 4.69) is 0 Å². The van der Waals surface area contributed by atoms with Crippen LogP contribution in [0.15, 0.2) is 41.2 Å². The predicted molar refractivity (Wildman–Crippen MR) is 105 cm³/mol. The number of hydrogen-bond donors (Lipinski definition) is 0. The van der Waals surface area contributed by atoms with Crippen LogP contribution in [0.5, 0.6) is 0 Å². The first-order valence-corrected chi connectivity index (χ1v) is 9.21. The minimum absolute atomic E-state index is 0.0917. The van der Waals surface area contributed by atoms with Gasteiger partial charge >= 0.3 is 5.97 Å². The first-order valence-electron chi connectivity index (χ1n) is 9.21. The summed E-state index contributed by atoms with van der Waals surface area (Å²) < 4.78 is 12.5. The lowest BCUT2D eigenvalue weighted by atomic mass is 9.86. The molecule has 0 amide bonds. The number of ether oxygens (including phenoxy) is 2. The van der Waals surface area contributed by atoms with Crippen LogP contribution < -0.4 is 5.56 Å². The Morgan fingerprint density at radius 2 is 1.96 bits per heavy atom. The number of carbonyl (C=O) groups is 1. The van der Waals surface area contributed by atoms with E-state index in [9.17, 15) is 9.59 Å². The third kappa shape index (κ3) is 3.35. The summed E-state index contributed by atoms with van der Waals surface area (Å²) in [4.78, 5) is 25.9. The van der Waals surface area contributed by atoms with Gasteiger partial charge in [0.1, 0.15) is 0 Å². The Hall–Kier alpha value is -2.66. The molecule has 3 rings (SSSR count). The molecule has 0 aliphatic carbocycles. The van der Waals surface area contributed by atoms with Crippen molar-refractivity contribution >= 4 is 18.1 Å². The van der Waals surface area contributed by atoms with Crippen LogP contribution in [0.1, 0.15) is 42.1 Å². The number of esters is 1. The van der Waals surface area contributed by atoms with Gasteiger partial charge in [0, 0.05) is 30.5 Å². The number of benzene rings is 1. The number of aryl methyl sites for hydroxylation is 1. The maximum absolute atomic E-state index is 13.2. The molecule has 1 aromatic carbocycles. The van der Waals surface area contributed by atoms with Gasteiger partial charge in [0.05, 0.1) is 7.11 Å². The molecule has 0 bridgehead atoms. The van der Waals surface area contributed by atoms with Crippen LogP contribution in [0, 0.1) is 0 Å². The topological polar surface area (TPSA) is 57.5 Å². The molecule has 1 aliphatic heterocycles. The maximum atomic E-state index is 13.2. The minimum atomic E-state index is -1.30. The lowest BCUT2D eigenvalue weighted by Crippen LogP contribution is -2.41. The Morgan fingerprint density at radius 1 is 1.22 bits per heavy atom. The van der Waals surface area contributed by atoms with Gasteiger partial charge in [0.2, 0.25) is 0 Å². The van der Waals surface area contributed by atoms with E-state index in [0.29, 0.717) is 24.1 Å². The third-order valence-electron chi connectivity index (χ3n) is 5.28. The van der Waals surface area contributed by atoms with E-state index in [1.165, 1.54) is 14.2 Å². The number of methoxy groups -OCH3 is 2. The molecule has 27 heavy (non-hydrogen) atoms. The van der Waals surface area contributed by atoms with Crippen LogP contribution in [-0.2, 0) is 32.8 Å². The summed E-state index contributed by atoms with van der Waals surface area (Å²) in [7, 11) is 2.82. The second-order valence-corrected chi connectivity index (χ2v) is 6.64. The van der Waals surface area contributed by atoms with Crippen LogP contribution in [-0.4, -0.2) is 24.8 Å². The zero-order valence-corrected chi connectivity index (χ0v) is 16.0. The highest BCUT2D eigenvalue weighted by atomic mass is 16.6. The molecular formula is C22H25NO4. The monoisotopic (exact) mass is 367 g/mol. The van der Waals surface area contributed by atoms with Gasteiger partial charge < -0.3 is 14.0 Å². The van der Waals surface area contributed by atoms with Crippen LogP contribution in [0.2, 0.25) is 0 Å². The number of hydrogen-bond acceptors (Lipinski definition) is 4. The molecule has 2 aromatic rings. The zero-order chi connectivity index (χ0) is 19.4. The summed E-state index contributed by atoms with van der Waals surface area (Å²) in [6.07, 6.45) is 5.77. The highest BCUT2D eigenvalue weighted by molar-refractivity contribution is 5.84. The molecule has 1 aromatic heterocycles. The van der Waals surface area contributed by atoms with Crippen molar-refractivity contribution in [1.29, 1.82) is 0 Å². The van der Waals surface area contributed by atoms with E-state index in [1.807, 2.05) is 49.4 Å². The van der Waals surface area contributed by atoms with Gasteiger partial charge in [-0.25, -0.2) is 4.79 Å². The van der Waals surface area contributed by atoms with Gasteiger partial charge in [-0.2, -0.15) is 0 Å². The standard InChI is InChI=1S/C22H25NO4/c1-4-22(27-3,21(25)26-2)19-15-17-11-8-14-23(17)20(24)18(19)13-12-16-9-6-5-7-10-16/h5-7,9-10,12-13,15H,4,8,11,14H2,1-3H3/b13-12+. The van der Waals surface area contributed by atoms with E-state index >= 15 is 0 Å². The van der Waals surface area contributed by atoms with Crippen molar-refractivity contribution in [3.8, 4) is 0 Å². The molecule has 2 heterocycles. The molecule has 1 aliphatic rings. The largest absolute Gasteiger partial charge is 0.467 e. The first kappa shape index (κ1) is 19.1. The summed E-state index contributed by atoms with van der Waals surface area (Å²) in [5.74, 6) is -0.496. The third-order valence-corrected chi connectivity index (χ3v) is 5.28. The highest BCUT2D eigenvalue weighted by Gasteiger charge is 2.43. The molecule has 0 N–H and O–H groups in total. The van der Waals surface area contributed by atoms with Crippen molar-refractivity contribution in [3.63, 3.8) is 0 Å². The van der Waals surface area contributed by atoms with Crippen LogP contribution in [0.3, 0.4) is 0 Å². The fraction of sp³-hybridized carbons (Fsp3) is 0.364. The molecule has 5 heteroatoms.